The first-order valence-electron chi connectivity index (χ1n) is 9.57. The molecule has 154 valence electrons. The number of nitrogens with zero attached hydrogens (tertiary/aromatic N) is 4. The number of carbonyl (C=O) groups is 1. The van der Waals surface area contributed by atoms with E-state index < -0.39 is 0 Å². The lowest BCUT2D eigenvalue weighted by Gasteiger charge is -2.05. The number of carbonyl (C=O) groups excluding carboxylic acids is 1. The summed E-state index contributed by atoms with van der Waals surface area (Å²) in [4.78, 5) is 16.4. The van der Waals surface area contributed by atoms with E-state index >= 15 is 0 Å². The number of aryl methyl sites for hydroxylation is 1. The molecule has 0 spiro atoms. The van der Waals surface area contributed by atoms with Crippen molar-refractivity contribution < 1.29 is 14.1 Å². The minimum Gasteiger partial charge on any atom is -0.494 e. The number of aromatic amines is 1. The molecule has 3 rings (SSSR count). The molecule has 2 heterocycles. The molecule has 29 heavy (non-hydrogen) atoms. The molecule has 0 aliphatic rings. The molecule has 1 aromatic carbocycles. The molecule has 2 N–H and O–H groups in total. The molecule has 0 fully saturated rings. The molecule has 10 heteroatoms. The molecule has 9 nitrogen and oxygen atoms in total. The van der Waals surface area contributed by atoms with Gasteiger partial charge in [0.15, 0.2) is 4.77 Å². The standard InChI is InChI=1S/C19H24N6O3S/c1-3-25-15(22-23-19(25)29)11-12-20-16(26)9-10-17-21-18(24-28-17)13-5-7-14(8-6-13)27-4-2/h5-8H,3-4,9-12H2,1-2H3,(H,20,26)(H,23,29). The smallest absolute Gasteiger partial charge is 0.227 e. The maximum Gasteiger partial charge on any atom is 0.227 e. The number of aromatic nitrogens is 5. The zero-order chi connectivity index (χ0) is 20.6. The molecular formula is C19H24N6O3S. The molecule has 0 unspecified atom stereocenters. The fraction of sp³-hybridized carbons (Fsp3) is 0.421. The Hall–Kier alpha value is -3.01. The molecule has 0 saturated heterocycles. The van der Waals surface area contributed by atoms with Crippen LogP contribution in [0.5, 0.6) is 5.75 Å². The van der Waals surface area contributed by atoms with Gasteiger partial charge in [0.05, 0.1) is 6.61 Å². The van der Waals surface area contributed by atoms with Crippen molar-refractivity contribution in [2.45, 2.75) is 39.7 Å². The molecule has 1 amide bonds. The normalized spacial score (nSPS) is 10.8. The first-order valence-corrected chi connectivity index (χ1v) is 9.98. The van der Waals surface area contributed by atoms with Crippen LogP contribution in [0.3, 0.4) is 0 Å². The highest BCUT2D eigenvalue weighted by atomic mass is 32.1. The fourth-order valence-electron chi connectivity index (χ4n) is 2.83. The molecule has 0 aliphatic heterocycles. The number of amides is 1. The maximum atomic E-state index is 12.1. The quantitative estimate of drug-likeness (QED) is 0.489. The Labute approximate surface area is 173 Å². The zero-order valence-electron chi connectivity index (χ0n) is 16.5. The summed E-state index contributed by atoms with van der Waals surface area (Å²) in [5.74, 6) is 2.46. The summed E-state index contributed by atoms with van der Waals surface area (Å²) < 4.78 is 13.2. The van der Waals surface area contributed by atoms with Crippen molar-refractivity contribution in [2.24, 2.45) is 0 Å². The second-order valence-electron chi connectivity index (χ2n) is 6.26. The number of hydrogen-bond acceptors (Lipinski definition) is 7. The van der Waals surface area contributed by atoms with Gasteiger partial charge >= 0.3 is 0 Å². The van der Waals surface area contributed by atoms with Gasteiger partial charge in [0.25, 0.3) is 0 Å². The van der Waals surface area contributed by atoms with E-state index in [2.05, 4.69) is 25.7 Å². The van der Waals surface area contributed by atoms with E-state index in [0.717, 1.165) is 23.7 Å². The fourth-order valence-corrected chi connectivity index (χ4v) is 3.11. The van der Waals surface area contributed by atoms with Crippen LogP contribution in [0.4, 0.5) is 0 Å². The van der Waals surface area contributed by atoms with Crippen LogP contribution in [-0.2, 0) is 24.2 Å². The first kappa shape index (κ1) is 20.7. The molecule has 0 radical (unpaired) electrons. The number of H-pyrrole nitrogens is 1. The number of benzene rings is 1. The summed E-state index contributed by atoms with van der Waals surface area (Å²) in [5, 5.41) is 13.8. The SMILES string of the molecule is CCOc1ccc(-c2noc(CCC(=O)NCCc3n[nH]c(=S)n3CC)n2)cc1. The van der Waals surface area contributed by atoms with E-state index in [4.69, 9.17) is 21.5 Å². The number of rotatable bonds is 10. The molecule has 2 aromatic heterocycles. The average Bonchev–Trinajstić information content (AvgIpc) is 3.34. The topological polar surface area (TPSA) is 111 Å². The van der Waals surface area contributed by atoms with Gasteiger partial charge in [0.2, 0.25) is 17.6 Å². The molecular weight excluding hydrogens is 392 g/mol. The predicted molar refractivity (Wildman–Crippen MR) is 109 cm³/mol. The minimum absolute atomic E-state index is 0.0806. The lowest BCUT2D eigenvalue weighted by Crippen LogP contribution is -2.26. The Morgan fingerprint density at radius 1 is 1.28 bits per heavy atom. The third-order valence-electron chi connectivity index (χ3n) is 4.28. The predicted octanol–water partition coefficient (Wildman–Crippen LogP) is 2.70. The van der Waals surface area contributed by atoms with Crippen molar-refractivity contribution in [3.05, 3.63) is 40.8 Å². The summed E-state index contributed by atoms with van der Waals surface area (Å²) >= 11 is 5.15. The van der Waals surface area contributed by atoms with Gasteiger partial charge in [0, 0.05) is 37.9 Å². The average molecular weight is 417 g/mol. The third kappa shape index (κ3) is 5.50. The summed E-state index contributed by atoms with van der Waals surface area (Å²) in [6.07, 6.45) is 1.25. The second kappa shape index (κ2) is 9.97. The van der Waals surface area contributed by atoms with Crippen LogP contribution < -0.4 is 10.1 Å². The summed E-state index contributed by atoms with van der Waals surface area (Å²) in [5.41, 5.74) is 0.831. The highest BCUT2D eigenvalue weighted by Crippen LogP contribution is 2.20. The van der Waals surface area contributed by atoms with Crippen molar-refractivity contribution in [1.82, 2.24) is 30.2 Å². The Kier molecular flexibility index (Phi) is 7.12. The number of nitrogens with one attached hydrogen (secondary N) is 2. The highest BCUT2D eigenvalue weighted by Gasteiger charge is 2.11. The molecule has 0 bridgehead atoms. The van der Waals surface area contributed by atoms with E-state index in [0.29, 0.717) is 42.5 Å². The number of ether oxygens (including phenoxy) is 1. The van der Waals surface area contributed by atoms with Crippen LogP contribution in [0.25, 0.3) is 11.4 Å². The van der Waals surface area contributed by atoms with Crippen molar-refractivity contribution in [2.75, 3.05) is 13.2 Å². The molecule has 0 saturated carbocycles. The second-order valence-corrected chi connectivity index (χ2v) is 6.65. The van der Waals surface area contributed by atoms with Crippen molar-refractivity contribution >= 4 is 18.1 Å². The lowest BCUT2D eigenvalue weighted by atomic mass is 10.2. The van der Waals surface area contributed by atoms with E-state index in [9.17, 15) is 4.79 Å². The Bertz CT molecular complexity index is 992. The Morgan fingerprint density at radius 2 is 2.07 bits per heavy atom. The monoisotopic (exact) mass is 416 g/mol. The van der Waals surface area contributed by atoms with Crippen molar-refractivity contribution in [3.8, 4) is 17.1 Å². The van der Waals surface area contributed by atoms with E-state index in [-0.39, 0.29) is 12.3 Å². The molecule has 0 aliphatic carbocycles. The van der Waals surface area contributed by atoms with Crippen molar-refractivity contribution in [1.29, 1.82) is 0 Å². The van der Waals surface area contributed by atoms with E-state index in [1.807, 2.05) is 42.7 Å². The van der Waals surface area contributed by atoms with Crippen LogP contribution in [0.2, 0.25) is 0 Å². The zero-order valence-corrected chi connectivity index (χ0v) is 17.3. The Morgan fingerprint density at radius 3 is 2.79 bits per heavy atom. The third-order valence-corrected chi connectivity index (χ3v) is 4.59. The minimum atomic E-state index is -0.0806. The van der Waals surface area contributed by atoms with Crippen LogP contribution >= 0.6 is 12.2 Å². The van der Waals surface area contributed by atoms with Gasteiger partial charge in [-0.1, -0.05) is 5.16 Å². The summed E-state index contributed by atoms with van der Waals surface area (Å²) in [6, 6.07) is 7.47. The number of hydrogen-bond donors (Lipinski definition) is 2. The van der Waals surface area contributed by atoms with Gasteiger partial charge in [-0.15, -0.1) is 0 Å². The molecule has 3 aromatic rings. The maximum absolute atomic E-state index is 12.1. The van der Waals surface area contributed by atoms with Crippen molar-refractivity contribution in [3.63, 3.8) is 0 Å². The lowest BCUT2D eigenvalue weighted by molar-refractivity contribution is -0.121. The highest BCUT2D eigenvalue weighted by molar-refractivity contribution is 7.71. The van der Waals surface area contributed by atoms with E-state index in [1.54, 1.807) is 0 Å². The van der Waals surface area contributed by atoms with Gasteiger partial charge < -0.3 is 19.1 Å². The van der Waals surface area contributed by atoms with Crippen LogP contribution in [0.15, 0.2) is 28.8 Å². The van der Waals surface area contributed by atoms with Crippen LogP contribution in [-0.4, -0.2) is 44.0 Å². The van der Waals surface area contributed by atoms with Gasteiger partial charge in [-0.3, -0.25) is 9.89 Å². The Balaban J connectivity index is 1.45. The van der Waals surface area contributed by atoms with Crippen LogP contribution in [0, 0.1) is 4.77 Å². The van der Waals surface area contributed by atoms with Crippen LogP contribution in [0.1, 0.15) is 32.0 Å². The first-order chi connectivity index (χ1) is 14.1. The van der Waals surface area contributed by atoms with Gasteiger partial charge in [-0.05, 0) is 50.3 Å². The summed E-state index contributed by atoms with van der Waals surface area (Å²) in [6.45, 7) is 5.78. The van der Waals surface area contributed by atoms with E-state index in [1.165, 1.54) is 0 Å². The van der Waals surface area contributed by atoms with Gasteiger partial charge in [0.1, 0.15) is 11.6 Å². The molecule has 0 atom stereocenters. The van der Waals surface area contributed by atoms with Gasteiger partial charge in [-0.25, -0.2) is 0 Å². The summed E-state index contributed by atoms with van der Waals surface area (Å²) in [7, 11) is 0. The van der Waals surface area contributed by atoms with Gasteiger partial charge in [-0.2, -0.15) is 10.1 Å². The largest absolute Gasteiger partial charge is 0.494 e.